The molecule has 1 aliphatic rings. The zero-order valence-electron chi connectivity index (χ0n) is 20.7. The van der Waals surface area contributed by atoms with Gasteiger partial charge in [-0.3, -0.25) is 14.4 Å². The average Bonchev–Trinajstić information content (AvgIpc) is 3.45. The Bertz CT molecular complexity index is 1390. The first kappa shape index (κ1) is 23.4. The summed E-state index contributed by atoms with van der Waals surface area (Å²) in [5.41, 5.74) is 5.34. The fraction of sp³-hybridized carbons (Fsp3) is 0.370. The summed E-state index contributed by atoms with van der Waals surface area (Å²) in [5, 5.41) is 12.9. The lowest BCUT2D eigenvalue weighted by molar-refractivity contribution is -0.909. The number of piperidine rings is 1. The number of fused-ring (bicyclic) bond motifs is 1. The Morgan fingerprint density at radius 2 is 1.97 bits per heavy atom. The van der Waals surface area contributed by atoms with E-state index in [2.05, 4.69) is 47.5 Å². The van der Waals surface area contributed by atoms with Crippen molar-refractivity contribution in [3.05, 3.63) is 70.6 Å². The first-order valence-corrected chi connectivity index (χ1v) is 12.8. The van der Waals surface area contributed by atoms with Gasteiger partial charge in [0.25, 0.3) is 5.91 Å². The molecule has 0 radical (unpaired) electrons. The summed E-state index contributed by atoms with van der Waals surface area (Å²) < 4.78 is 3.13. The molecule has 1 saturated heterocycles. The van der Waals surface area contributed by atoms with E-state index >= 15 is 0 Å². The Labute approximate surface area is 209 Å². The van der Waals surface area contributed by atoms with Crippen LogP contribution in [-0.4, -0.2) is 33.6 Å². The summed E-state index contributed by atoms with van der Waals surface area (Å²) >= 11 is 1.72. The monoisotopic (exact) mass is 490 g/mol. The lowest BCUT2D eigenvalue weighted by atomic mass is 9.82. The molecule has 0 unspecified atom stereocenters. The van der Waals surface area contributed by atoms with Crippen LogP contribution in [0, 0.1) is 19.3 Å². The molecule has 0 atom stereocenters. The van der Waals surface area contributed by atoms with E-state index in [1.54, 1.807) is 17.5 Å². The van der Waals surface area contributed by atoms with E-state index < -0.39 is 0 Å². The lowest BCUT2D eigenvalue weighted by Gasteiger charge is -2.38. The van der Waals surface area contributed by atoms with Gasteiger partial charge < -0.3 is 10.2 Å². The Morgan fingerprint density at radius 1 is 1.20 bits per heavy atom. The normalized spacial score (nSPS) is 15.5. The van der Waals surface area contributed by atoms with Crippen LogP contribution in [0.25, 0.3) is 16.2 Å². The van der Waals surface area contributed by atoms with Crippen LogP contribution < -0.4 is 14.9 Å². The van der Waals surface area contributed by atoms with Gasteiger partial charge in [0.2, 0.25) is 11.9 Å². The van der Waals surface area contributed by atoms with Crippen molar-refractivity contribution < 1.29 is 14.7 Å². The lowest BCUT2D eigenvalue weighted by Crippen LogP contribution is -2.37. The summed E-state index contributed by atoms with van der Waals surface area (Å²) in [5.74, 6) is -0.155. The van der Waals surface area contributed by atoms with Gasteiger partial charge >= 0.3 is 0 Å². The SMILES string of the molecule is Cc1ccc(-c2cnc3c(N4CCC(C)(C)CC4)cc(C(=O)NCc4ccc(C)[n+](O)c4)cn23)s1. The minimum Gasteiger partial charge on any atom is -0.368 e. The van der Waals surface area contributed by atoms with Crippen molar-refractivity contribution in [2.24, 2.45) is 5.41 Å². The molecule has 1 amide bonds. The maximum atomic E-state index is 13.3. The molecule has 8 heteroatoms. The minimum absolute atomic E-state index is 0.155. The second-order valence-electron chi connectivity index (χ2n) is 10.2. The third-order valence-electron chi connectivity index (χ3n) is 6.94. The maximum absolute atomic E-state index is 13.3. The Hall–Kier alpha value is -3.39. The number of hydrogen-bond donors (Lipinski definition) is 2. The van der Waals surface area contributed by atoms with E-state index in [0.29, 0.717) is 17.5 Å². The van der Waals surface area contributed by atoms with E-state index in [0.717, 1.165) is 63.8 Å². The number of imidazole rings is 1. The Balaban J connectivity index is 1.51. The number of hydrogen-bond acceptors (Lipinski definition) is 5. The van der Waals surface area contributed by atoms with Gasteiger partial charge in [-0.1, -0.05) is 13.8 Å². The topological polar surface area (TPSA) is 73.8 Å². The summed E-state index contributed by atoms with van der Waals surface area (Å²) in [6.45, 7) is 10.8. The van der Waals surface area contributed by atoms with Crippen molar-refractivity contribution >= 4 is 28.6 Å². The highest BCUT2D eigenvalue weighted by Crippen LogP contribution is 2.36. The fourth-order valence-electron chi connectivity index (χ4n) is 4.53. The van der Waals surface area contributed by atoms with Crippen LogP contribution in [0.4, 0.5) is 5.69 Å². The van der Waals surface area contributed by atoms with Gasteiger partial charge in [0, 0.05) is 54.0 Å². The van der Waals surface area contributed by atoms with Crippen LogP contribution in [0.1, 0.15) is 53.2 Å². The molecular weight excluding hydrogens is 458 g/mol. The van der Waals surface area contributed by atoms with Crippen LogP contribution in [0.5, 0.6) is 0 Å². The molecule has 7 nitrogen and oxygen atoms in total. The van der Waals surface area contributed by atoms with Crippen LogP contribution in [0.3, 0.4) is 0 Å². The van der Waals surface area contributed by atoms with Gasteiger partial charge in [0.05, 0.1) is 28.0 Å². The third kappa shape index (κ3) is 4.75. The number of amides is 1. The van der Waals surface area contributed by atoms with Crippen molar-refractivity contribution in [3.63, 3.8) is 0 Å². The second kappa shape index (κ2) is 9.00. The van der Waals surface area contributed by atoms with Crippen molar-refractivity contribution in [3.8, 4) is 10.6 Å². The molecule has 0 spiro atoms. The maximum Gasteiger partial charge on any atom is 0.253 e. The molecule has 1 aliphatic heterocycles. The molecule has 5 rings (SSSR count). The highest BCUT2D eigenvalue weighted by molar-refractivity contribution is 7.15. The van der Waals surface area contributed by atoms with Gasteiger partial charge in [-0.05, 0) is 49.4 Å². The Morgan fingerprint density at radius 3 is 2.66 bits per heavy atom. The first-order chi connectivity index (χ1) is 16.7. The molecule has 0 bridgehead atoms. The third-order valence-corrected chi connectivity index (χ3v) is 7.96. The molecule has 5 heterocycles. The molecule has 35 heavy (non-hydrogen) atoms. The number of nitrogens with one attached hydrogen (secondary N) is 1. The van der Waals surface area contributed by atoms with Crippen LogP contribution in [0.2, 0.25) is 0 Å². The summed E-state index contributed by atoms with van der Waals surface area (Å²) in [4.78, 5) is 22.8. The van der Waals surface area contributed by atoms with Crippen LogP contribution in [0.15, 0.2) is 48.9 Å². The molecule has 0 saturated carbocycles. The molecule has 182 valence electrons. The minimum atomic E-state index is -0.155. The van der Waals surface area contributed by atoms with Gasteiger partial charge in [-0.25, -0.2) is 4.98 Å². The molecule has 0 aliphatic carbocycles. The predicted octanol–water partition coefficient (Wildman–Crippen LogP) is 4.76. The quantitative estimate of drug-likeness (QED) is 0.312. The molecule has 1 fully saturated rings. The number of thiophene rings is 1. The first-order valence-electron chi connectivity index (χ1n) is 12.0. The summed E-state index contributed by atoms with van der Waals surface area (Å²) in [7, 11) is 0. The number of aromatic nitrogens is 3. The van der Waals surface area contributed by atoms with Crippen molar-refractivity contribution in [2.45, 2.75) is 47.1 Å². The largest absolute Gasteiger partial charge is 0.368 e. The molecule has 4 aromatic rings. The Kier molecular flexibility index (Phi) is 6.01. The second-order valence-corrected chi connectivity index (χ2v) is 11.5. The number of aryl methyl sites for hydroxylation is 2. The smallest absolute Gasteiger partial charge is 0.253 e. The highest BCUT2D eigenvalue weighted by Gasteiger charge is 2.28. The molecule has 0 aromatic carbocycles. The van der Waals surface area contributed by atoms with E-state index in [4.69, 9.17) is 4.98 Å². The number of rotatable bonds is 5. The van der Waals surface area contributed by atoms with E-state index in [1.165, 1.54) is 4.88 Å². The van der Waals surface area contributed by atoms with Crippen LogP contribution >= 0.6 is 11.3 Å². The standard InChI is InChI=1S/C27H31N5O2S/c1-18-5-7-20(16-32(18)34)14-29-26(33)21-13-22(30-11-9-27(3,4)10-12-30)25-28-15-23(31(25)17-21)24-8-6-19(2)35-24/h5-8,13,15-17H,9-12,14H2,1-4H3,(H-,29,33,34)/p+1. The van der Waals surface area contributed by atoms with Gasteiger partial charge in [-0.2, -0.15) is 0 Å². The number of pyridine rings is 2. The van der Waals surface area contributed by atoms with E-state index in [-0.39, 0.29) is 5.91 Å². The fourth-order valence-corrected chi connectivity index (χ4v) is 5.40. The zero-order valence-corrected chi connectivity index (χ0v) is 21.5. The molecule has 2 N–H and O–H groups in total. The molecule has 4 aromatic heterocycles. The van der Waals surface area contributed by atoms with Crippen molar-refractivity contribution in [2.75, 3.05) is 18.0 Å². The average molecular weight is 491 g/mol. The zero-order chi connectivity index (χ0) is 24.7. The van der Waals surface area contributed by atoms with Gasteiger partial charge in [0.15, 0.2) is 5.65 Å². The highest BCUT2D eigenvalue weighted by atomic mass is 32.1. The number of nitrogens with zero attached hydrogens (tertiary/aromatic N) is 4. The number of anilines is 1. The van der Waals surface area contributed by atoms with E-state index in [9.17, 15) is 10.0 Å². The van der Waals surface area contributed by atoms with E-state index in [1.807, 2.05) is 37.5 Å². The van der Waals surface area contributed by atoms with Crippen LogP contribution in [-0.2, 0) is 6.54 Å². The number of carbonyl (C=O) groups is 1. The van der Waals surface area contributed by atoms with Crippen molar-refractivity contribution in [1.82, 2.24) is 14.7 Å². The number of carbonyl (C=O) groups excluding carboxylic acids is 1. The molecular formula is C27H32N5O2S+. The van der Waals surface area contributed by atoms with Gasteiger partial charge in [-0.15, -0.1) is 11.3 Å². The van der Waals surface area contributed by atoms with Gasteiger partial charge in [0.1, 0.15) is 0 Å². The summed E-state index contributed by atoms with van der Waals surface area (Å²) in [6, 6.07) is 9.92. The van der Waals surface area contributed by atoms with Crippen molar-refractivity contribution in [1.29, 1.82) is 0 Å². The summed E-state index contributed by atoms with van der Waals surface area (Å²) in [6.07, 6.45) is 7.61. The predicted molar refractivity (Wildman–Crippen MR) is 138 cm³/mol.